The zero-order valence-electron chi connectivity index (χ0n) is 16.7. The lowest BCUT2D eigenvalue weighted by Gasteiger charge is -2.09. The highest BCUT2D eigenvalue weighted by Gasteiger charge is 2.12. The van der Waals surface area contributed by atoms with Crippen LogP contribution in [0.25, 0.3) is 0 Å². The van der Waals surface area contributed by atoms with Crippen LogP contribution in [0.5, 0.6) is 5.75 Å². The number of para-hydroxylation sites is 1. The van der Waals surface area contributed by atoms with Crippen molar-refractivity contribution < 1.29 is 14.3 Å². The fraction of sp³-hybridized carbons (Fsp3) is 0.0435. The van der Waals surface area contributed by atoms with Crippen molar-refractivity contribution in [2.75, 3.05) is 6.61 Å². The molecule has 0 aliphatic heterocycles. The molecule has 0 bridgehead atoms. The summed E-state index contributed by atoms with van der Waals surface area (Å²) in [5.41, 5.74) is 6.86. The predicted molar refractivity (Wildman–Crippen MR) is 141 cm³/mol. The van der Waals surface area contributed by atoms with Crippen molar-refractivity contribution in [3.63, 3.8) is 0 Å². The number of nitrogens with zero attached hydrogens (tertiary/aromatic N) is 2. The second kappa shape index (κ2) is 12.3. The molecule has 3 aromatic carbocycles. The summed E-state index contributed by atoms with van der Waals surface area (Å²) in [4.78, 5) is 24.5. The molecule has 9 heteroatoms. The van der Waals surface area contributed by atoms with Crippen LogP contribution in [-0.4, -0.2) is 30.9 Å². The standard InChI is InChI=1S/C23H18I2N4O3/c24-18-9-5-16(6-10-18)13-26-28-22(30)15-32-21-4-2-1-3-20(21)23(31)29-27-14-17-7-11-19(25)12-8-17/h1-14H,15H2,(H,28,30)(H,29,31)/b26-13-,27-14+. The average molecular weight is 652 g/mol. The second-order valence-corrected chi connectivity index (χ2v) is 8.87. The average Bonchev–Trinajstić information content (AvgIpc) is 2.80. The molecule has 0 unspecified atom stereocenters. The molecule has 0 aliphatic rings. The highest BCUT2D eigenvalue weighted by Crippen LogP contribution is 2.17. The number of amides is 2. The van der Waals surface area contributed by atoms with Crippen molar-refractivity contribution in [3.8, 4) is 5.75 Å². The summed E-state index contributed by atoms with van der Waals surface area (Å²) < 4.78 is 7.74. The van der Waals surface area contributed by atoms with E-state index < -0.39 is 11.8 Å². The number of carbonyl (C=O) groups excluding carboxylic acids is 2. The monoisotopic (exact) mass is 652 g/mol. The molecule has 0 saturated heterocycles. The van der Waals surface area contributed by atoms with Crippen LogP contribution in [0.2, 0.25) is 0 Å². The van der Waals surface area contributed by atoms with Gasteiger partial charge in [-0.25, -0.2) is 10.9 Å². The maximum absolute atomic E-state index is 12.5. The van der Waals surface area contributed by atoms with Crippen LogP contribution in [0.4, 0.5) is 0 Å². The molecule has 0 saturated carbocycles. The van der Waals surface area contributed by atoms with Crippen LogP contribution in [0.3, 0.4) is 0 Å². The van der Waals surface area contributed by atoms with Crippen molar-refractivity contribution in [2.24, 2.45) is 10.2 Å². The van der Waals surface area contributed by atoms with E-state index in [1.807, 2.05) is 48.5 Å². The van der Waals surface area contributed by atoms with E-state index in [1.165, 1.54) is 0 Å². The normalized spacial score (nSPS) is 10.9. The minimum atomic E-state index is -0.446. The lowest BCUT2D eigenvalue weighted by atomic mass is 10.2. The molecule has 2 N–H and O–H groups in total. The van der Waals surface area contributed by atoms with Gasteiger partial charge in [-0.3, -0.25) is 9.59 Å². The Labute approximate surface area is 212 Å². The zero-order chi connectivity index (χ0) is 22.8. The third-order valence-electron chi connectivity index (χ3n) is 4.01. The number of ether oxygens (including phenoxy) is 1. The number of halogens is 2. The summed E-state index contributed by atoms with van der Waals surface area (Å²) >= 11 is 4.43. The summed E-state index contributed by atoms with van der Waals surface area (Å²) in [5.74, 6) is -0.621. The molecule has 0 fully saturated rings. The molecule has 0 aromatic heterocycles. The first kappa shape index (κ1) is 23.9. The molecule has 0 aliphatic carbocycles. The Morgan fingerprint density at radius 1 is 0.781 bits per heavy atom. The summed E-state index contributed by atoms with van der Waals surface area (Å²) in [5, 5.41) is 7.89. The molecule has 0 heterocycles. The molecule has 0 spiro atoms. The van der Waals surface area contributed by atoms with E-state index in [1.54, 1.807) is 36.7 Å². The number of carbonyl (C=O) groups is 2. The predicted octanol–water partition coefficient (Wildman–Crippen LogP) is 4.19. The zero-order valence-corrected chi connectivity index (χ0v) is 21.0. The third-order valence-corrected chi connectivity index (χ3v) is 5.45. The Morgan fingerprint density at radius 2 is 1.31 bits per heavy atom. The minimum absolute atomic E-state index is 0.266. The summed E-state index contributed by atoms with van der Waals surface area (Å²) in [6.07, 6.45) is 3.09. The van der Waals surface area contributed by atoms with Gasteiger partial charge in [0.1, 0.15) is 5.75 Å². The molecule has 2 amide bonds. The van der Waals surface area contributed by atoms with Gasteiger partial charge in [0, 0.05) is 7.14 Å². The number of hydrogen-bond donors (Lipinski definition) is 2. The van der Waals surface area contributed by atoms with Crippen LogP contribution < -0.4 is 15.6 Å². The van der Waals surface area contributed by atoms with E-state index in [0.29, 0.717) is 0 Å². The maximum atomic E-state index is 12.5. The Bertz CT molecular complexity index is 1130. The van der Waals surface area contributed by atoms with E-state index in [-0.39, 0.29) is 17.9 Å². The van der Waals surface area contributed by atoms with Crippen molar-refractivity contribution in [1.82, 2.24) is 10.9 Å². The van der Waals surface area contributed by atoms with Crippen LogP contribution in [0.15, 0.2) is 83.0 Å². The van der Waals surface area contributed by atoms with Gasteiger partial charge in [-0.2, -0.15) is 10.2 Å². The minimum Gasteiger partial charge on any atom is -0.483 e. The SMILES string of the molecule is O=C(COc1ccccc1C(=O)N/N=C/c1ccc(I)cc1)N/N=C\c1ccc(I)cc1. The smallest absolute Gasteiger partial charge is 0.277 e. The first-order valence-electron chi connectivity index (χ1n) is 9.39. The van der Waals surface area contributed by atoms with Gasteiger partial charge in [0.05, 0.1) is 18.0 Å². The summed E-state index contributed by atoms with van der Waals surface area (Å²) in [6, 6.07) is 22.0. The van der Waals surface area contributed by atoms with Crippen molar-refractivity contribution in [2.45, 2.75) is 0 Å². The van der Waals surface area contributed by atoms with Crippen LogP contribution in [0, 0.1) is 7.14 Å². The Balaban J connectivity index is 1.52. The van der Waals surface area contributed by atoms with Crippen molar-refractivity contribution in [3.05, 3.63) is 96.6 Å². The van der Waals surface area contributed by atoms with E-state index in [2.05, 4.69) is 66.2 Å². The van der Waals surface area contributed by atoms with Gasteiger partial charge in [-0.05, 0) is 92.7 Å². The lowest BCUT2D eigenvalue weighted by Crippen LogP contribution is -2.25. The molecule has 0 atom stereocenters. The first-order chi connectivity index (χ1) is 15.5. The second-order valence-electron chi connectivity index (χ2n) is 6.38. The molecule has 3 aromatic rings. The number of rotatable bonds is 8. The van der Waals surface area contributed by atoms with E-state index in [0.717, 1.165) is 18.3 Å². The Morgan fingerprint density at radius 3 is 1.91 bits per heavy atom. The first-order valence-corrected chi connectivity index (χ1v) is 11.6. The number of hydrogen-bond acceptors (Lipinski definition) is 5. The fourth-order valence-corrected chi connectivity index (χ4v) is 3.18. The number of nitrogens with one attached hydrogen (secondary N) is 2. The summed E-state index contributed by atoms with van der Waals surface area (Å²) in [6.45, 7) is -0.291. The van der Waals surface area contributed by atoms with Gasteiger partial charge in [0.25, 0.3) is 11.8 Å². The quantitative estimate of drug-likeness (QED) is 0.218. The molecular weight excluding hydrogens is 634 g/mol. The highest BCUT2D eigenvalue weighted by molar-refractivity contribution is 14.1. The van der Waals surface area contributed by atoms with Crippen molar-refractivity contribution >= 4 is 69.4 Å². The molecular formula is C23H18I2N4O3. The molecule has 3 rings (SSSR count). The van der Waals surface area contributed by atoms with Gasteiger partial charge < -0.3 is 4.74 Å². The van der Waals surface area contributed by atoms with Gasteiger partial charge in [-0.1, -0.05) is 36.4 Å². The molecule has 162 valence electrons. The Hall–Kier alpha value is -2.80. The van der Waals surface area contributed by atoms with Gasteiger partial charge in [0.15, 0.2) is 6.61 Å². The van der Waals surface area contributed by atoms with Crippen LogP contribution in [-0.2, 0) is 4.79 Å². The van der Waals surface area contributed by atoms with Gasteiger partial charge in [0.2, 0.25) is 0 Å². The van der Waals surface area contributed by atoms with E-state index in [4.69, 9.17) is 4.74 Å². The highest BCUT2D eigenvalue weighted by atomic mass is 127. The van der Waals surface area contributed by atoms with Crippen LogP contribution >= 0.6 is 45.2 Å². The van der Waals surface area contributed by atoms with Gasteiger partial charge >= 0.3 is 0 Å². The van der Waals surface area contributed by atoms with E-state index in [9.17, 15) is 9.59 Å². The lowest BCUT2D eigenvalue weighted by molar-refractivity contribution is -0.123. The summed E-state index contributed by atoms with van der Waals surface area (Å²) in [7, 11) is 0. The topological polar surface area (TPSA) is 92.2 Å². The fourth-order valence-electron chi connectivity index (χ4n) is 2.46. The van der Waals surface area contributed by atoms with E-state index >= 15 is 0 Å². The largest absolute Gasteiger partial charge is 0.483 e. The van der Waals surface area contributed by atoms with Crippen molar-refractivity contribution in [1.29, 1.82) is 0 Å². The number of hydrazone groups is 2. The molecule has 0 radical (unpaired) electrons. The number of benzene rings is 3. The maximum Gasteiger partial charge on any atom is 0.277 e. The van der Waals surface area contributed by atoms with Gasteiger partial charge in [-0.15, -0.1) is 0 Å². The molecule has 7 nitrogen and oxygen atoms in total. The molecule has 32 heavy (non-hydrogen) atoms. The van der Waals surface area contributed by atoms with Crippen LogP contribution in [0.1, 0.15) is 21.5 Å². The third kappa shape index (κ3) is 7.71. The Kier molecular flexibility index (Phi) is 9.16.